The molecular formula is C18H15NO2. The SMILES string of the molecule is [O-][N+](Oc1ccccc1)(c1ccccc1)c1ccccc1. The lowest BCUT2D eigenvalue weighted by atomic mass is 10.2. The highest BCUT2D eigenvalue weighted by Gasteiger charge is 2.27. The predicted octanol–water partition coefficient (Wildman–Crippen LogP) is 4.82. The first-order valence-corrected chi connectivity index (χ1v) is 6.75. The highest BCUT2D eigenvalue weighted by Crippen LogP contribution is 2.34. The molecule has 0 unspecified atom stereocenters. The highest BCUT2D eigenvalue weighted by molar-refractivity contribution is 5.57. The zero-order valence-corrected chi connectivity index (χ0v) is 11.4. The number of para-hydroxylation sites is 3. The van der Waals surface area contributed by atoms with Crippen LogP contribution in [0.4, 0.5) is 11.4 Å². The summed E-state index contributed by atoms with van der Waals surface area (Å²) in [5.74, 6) is 0.528. The van der Waals surface area contributed by atoms with Gasteiger partial charge in [0, 0.05) is 24.3 Å². The van der Waals surface area contributed by atoms with Crippen molar-refractivity contribution < 1.29 is 4.84 Å². The fraction of sp³-hybridized carbons (Fsp3) is 0. The summed E-state index contributed by atoms with van der Waals surface area (Å²) in [4.78, 5) is 4.78. The van der Waals surface area contributed by atoms with Gasteiger partial charge in [0.2, 0.25) is 0 Å². The third-order valence-corrected chi connectivity index (χ3v) is 3.17. The van der Waals surface area contributed by atoms with Gasteiger partial charge in [-0.2, -0.15) is 0 Å². The average molecular weight is 277 g/mol. The number of hydrogen-bond donors (Lipinski definition) is 0. The molecule has 0 spiro atoms. The first-order chi connectivity index (χ1) is 10.3. The standard InChI is InChI=1S/C18H15NO2/c20-19(16-10-4-1-5-11-16,17-12-6-2-7-13-17)21-18-14-8-3-9-15-18/h1-15H. The van der Waals surface area contributed by atoms with Gasteiger partial charge >= 0.3 is 0 Å². The van der Waals surface area contributed by atoms with E-state index in [1.165, 1.54) is 0 Å². The number of nitrogens with zero attached hydrogens (tertiary/aromatic N) is 1. The van der Waals surface area contributed by atoms with Gasteiger partial charge in [-0.15, -0.1) is 4.81 Å². The van der Waals surface area contributed by atoms with Crippen molar-refractivity contribution in [3.05, 3.63) is 96.2 Å². The molecule has 0 aromatic heterocycles. The van der Waals surface area contributed by atoms with Crippen molar-refractivity contribution in [2.45, 2.75) is 0 Å². The quantitative estimate of drug-likeness (QED) is 0.506. The lowest BCUT2D eigenvalue weighted by Crippen LogP contribution is -2.41. The molecule has 0 fully saturated rings. The van der Waals surface area contributed by atoms with E-state index in [0.29, 0.717) is 17.1 Å². The third-order valence-electron chi connectivity index (χ3n) is 3.17. The molecule has 0 radical (unpaired) electrons. The molecule has 0 saturated carbocycles. The molecule has 3 aromatic rings. The maximum Gasteiger partial charge on any atom is 0.191 e. The second-order valence-electron chi connectivity index (χ2n) is 4.63. The van der Waals surface area contributed by atoms with Crippen LogP contribution in [0.5, 0.6) is 5.75 Å². The third kappa shape index (κ3) is 2.79. The molecule has 0 bridgehead atoms. The van der Waals surface area contributed by atoms with Crippen molar-refractivity contribution in [1.82, 2.24) is 4.81 Å². The second-order valence-corrected chi connectivity index (χ2v) is 4.63. The highest BCUT2D eigenvalue weighted by atomic mass is 16.9. The van der Waals surface area contributed by atoms with Gasteiger partial charge in [-0.1, -0.05) is 54.6 Å². The van der Waals surface area contributed by atoms with Gasteiger partial charge in [-0.05, 0) is 12.1 Å². The Labute approximate surface area is 123 Å². The summed E-state index contributed by atoms with van der Waals surface area (Å²) >= 11 is 0. The molecule has 0 amide bonds. The van der Waals surface area contributed by atoms with E-state index in [-0.39, 0.29) is 0 Å². The molecule has 21 heavy (non-hydrogen) atoms. The van der Waals surface area contributed by atoms with Gasteiger partial charge in [0.15, 0.2) is 17.1 Å². The summed E-state index contributed by atoms with van der Waals surface area (Å²) < 4.78 is 0. The zero-order valence-electron chi connectivity index (χ0n) is 11.4. The van der Waals surface area contributed by atoms with E-state index >= 15 is 0 Å². The summed E-state index contributed by atoms with van der Waals surface area (Å²) in [6, 6.07) is 27.3. The van der Waals surface area contributed by atoms with Crippen molar-refractivity contribution in [2.75, 3.05) is 0 Å². The smallest absolute Gasteiger partial charge is 0.191 e. The van der Waals surface area contributed by atoms with Crippen molar-refractivity contribution in [3.63, 3.8) is 0 Å². The van der Waals surface area contributed by atoms with Crippen LogP contribution >= 0.6 is 0 Å². The van der Waals surface area contributed by atoms with Crippen molar-refractivity contribution in [3.8, 4) is 5.75 Å². The first kappa shape index (κ1) is 13.4. The Hall–Kier alpha value is -2.62. The van der Waals surface area contributed by atoms with Gasteiger partial charge in [0.1, 0.15) is 0 Å². The van der Waals surface area contributed by atoms with Crippen LogP contribution in [0.3, 0.4) is 0 Å². The molecule has 0 aliphatic heterocycles. The van der Waals surface area contributed by atoms with Crippen molar-refractivity contribution >= 4 is 11.4 Å². The predicted molar refractivity (Wildman–Crippen MR) is 84.8 cm³/mol. The summed E-state index contributed by atoms with van der Waals surface area (Å²) in [7, 11) is 0. The van der Waals surface area contributed by atoms with E-state index in [4.69, 9.17) is 4.84 Å². The van der Waals surface area contributed by atoms with E-state index in [1.807, 2.05) is 54.6 Å². The maximum absolute atomic E-state index is 13.4. The Morgan fingerprint density at radius 2 is 0.952 bits per heavy atom. The number of benzene rings is 3. The molecule has 3 heteroatoms. The Morgan fingerprint density at radius 3 is 1.38 bits per heavy atom. The van der Waals surface area contributed by atoms with Crippen LogP contribution < -0.4 is 9.65 Å². The molecule has 0 N–H and O–H groups in total. The molecule has 0 aliphatic carbocycles. The monoisotopic (exact) mass is 277 g/mol. The Morgan fingerprint density at radius 1 is 0.571 bits per heavy atom. The van der Waals surface area contributed by atoms with Crippen LogP contribution in [0, 0.1) is 5.21 Å². The number of hydrogen-bond acceptors (Lipinski definition) is 2. The van der Waals surface area contributed by atoms with Crippen LogP contribution in [0.2, 0.25) is 0 Å². The van der Waals surface area contributed by atoms with Crippen molar-refractivity contribution in [1.29, 1.82) is 0 Å². The summed E-state index contributed by atoms with van der Waals surface area (Å²) in [5.41, 5.74) is 1.04. The van der Waals surface area contributed by atoms with E-state index < -0.39 is 4.81 Å². The van der Waals surface area contributed by atoms with Gasteiger partial charge < -0.3 is 10.0 Å². The lowest BCUT2D eigenvalue weighted by Gasteiger charge is -2.37. The fourth-order valence-corrected chi connectivity index (χ4v) is 2.13. The topological polar surface area (TPSA) is 32.3 Å². The van der Waals surface area contributed by atoms with E-state index in [9.17, 15) is 5.21 Å². The molecule has 3 nitrogen and oxygen atoms in total. The van der Waals surface area contributed by atoms with E-state index in [1.54, 1.807) is 36.4 Å². The van der Waals surface area contributed by atoms with Gasteiger partial charge in [0.25, 0.3) is 0 Å². The van der Waals surface area contributed by atoms with E-state index in [0.717, 1.165) is 0 Å². The average Bonchev–Trinajstić information content (AvgIpc) is 2.57. The largest absolute Gasteiger partial charge is 0.579 e. The van der Waals surface area contributed by atoms with Gasteiger partial charge in [-0.3, -0.25) is 0 Å². The van der Waals surface area contributed by atoms with Gasteiger partial charge in [-0.25, -0.2) is 0 Å². The van der Waals surface area contributed by atoms with Gasteiger partial charge in [0.05, 0.1) is 0 Å². The Kier molecular flexibility index (Phi) is 3.69. The molecular weight excluding hydrogens is 262 g/mol. The Balaban J connectivity index is 2.07. The minimum atomic E-state index is -0.980. The van der Waals surface area contributed by atoms with E-state index in [2.05, 4.69) is 0 Å². The second kappa shape index (κ2) is 5.79. The lowest BCUT2D eigenvalue weighted by molar-refractivity contribution is 0.0604. The molecule has 0 atom stereocenters. The molecule has 104 valence electrons. The molecule has 3 rings (SSSR count). The normalized spacial score (nSPS) is 11.1. The summed E-state index contributed by atoms with van der Waals surface area (Å²) in [6.45, 7) is 0. The van der Waals surface area contributed by atoms with Crippen LogP contribution in [0.1, 0.15) is 0 Å². The van der Waals surface area contributed by atoms with Crippen LogP contribution in [-0.4, -0.2) is 0 Å². The number of quaternary nitrogens is 1. The van der Waals surface area contributed by atoms with Crippen LogP contribution in [0.25, 0.3) is 0 Å². The van der Waals surface area contributed by atoms with Crippen LogP contribution in [-0.2, 0) is 0 Å². The molecule has 0 aliphatic rings. The minimum absolute atomic E-state index is 0.521. The minimum Gasteiger partial charge on any atom is -0.579 e. The van der Waals surface area contributed by atoms with Crippen LogP contribution in [0.15, 0.2) is 91.0 Å². The summed E-state index contributed by atoms with van der Waals surface area (Å²) in [5, 5.41) is 13.4. The van der Waals surface area contributed by atoms with Crippen molar-refractivity contribution in [2.24, 2.45) is 0 Å². The molecule has 0 saturated heterocycles. The number of rotatable bonds is 4. The first-order valence-electron chi connectivity index (χ1n) is 6.75. The molecule has 0 heterocycles. The maximum atomic E-state index is 13.4. The summed E-state index contributed by atoms with van der Waals surface area (Å²) in [6.07, 6.45) is 0. The molecule has 3 aromatic carbocycles. The Bertz CT molecular complexity index is 645. The zero-order chi connectivity index (χ0) is 14.5. The fourth-order valence-electron chi connectivity index (χ4n) is 2.13.